The third-order valence-electron chi connectivity index (χ3n) is 5.91. The van der Waals surface area contributed by atoms with Crippen LogP contribution in [0.5, 0.6) is 0 Å². The zero-order valence-corrected chi connectivity index (χ0v) is 12.9. The van der Waals surface area contributed by atoms with Crippen LogP contribution in [0, 0.1) is 5.92 Å². The second-order valence-electron chi connectivity index (χ2n) is 7.29. The van der Waals surface area contributed by atoms with Gasteiger partial charge in [-0.05, 0) is 81.8 Å². The highest BCUT2D eigenvalue weighted by molar-refractivity contribution is 5.96. The van der Waals surface area contributed by atoms with Crippen molar-refractivity contribution in [3.05, 3.63) is 22.9 Å². The number of rotatable bonds is 3. The molecule has 2 saturated carbocycles. The van der Waals surface area contributed by atoms with E-state index in [4.69, 9.17) is 0 Å². The van der Waals surface area contributed by atoms with Gasteiger partial charge < -0.3 is 5.32 Å². The van der Waals surface area contributed by atoms with Crippen molar-refractivity contribution in [1.29, 1.82) is 0 Å². The molecule has 0 unspecified atom stereocenters. The summed E-state index contributed by atoms with van der Waals surface area (Å²) in [4.78, 5) is 16.5. The van der Waals surface area contributed by atoms with Crippen molar-refractivity contribution in [3.8, 4) is 0 Å². The Labute approximate surface area is 126 Å². The maximum atomic E-state index is 11.8. The Balaban J connectivity index is 1.71. The lowest BCUT2D eigenvalue weighted by Gasteiger charge is -2.31. The molecule has 0 atom stereocenters. The summed E-state index contributed by atoms with van der Waals surface area (Å²) in [7, 11) is 0. The van der Waals surface area contributed by atoms with Crippen molar-refractivity contribution in [3.63, 3.8) is 0 Å². The van der Waals surface area contributed by atoms with E-state index in [2.05, 4.69) is 10.3 Å². The summed E-state index contributed by atoms with van der Waals surface area (Å²) >= 11 is 0. The van der Waals surface area contributed by atoms with Crippen LogP contribution in [-0.2, 0) is 12.8 Å². The van der Waals surface area contributed by atoms with Crippen molar-refractivity contribution in [2.45, 2.75) is 70.3 Å². The van der Waals surface area contributed by atoms with Gasteiger partial charge in [0.25, 0.3) is 0 Å². The number of hydrogen-bond donors (Lipinski definition) is 1. The van der Waals surface area contributed by atoms with Gasteiger partial charge in [0.05, 0.1) is 0 Å². The molecule has 1 N–H and O–H groups in total. The van der Waals surface area contributed by atoms with Crippen molar-refractivity contribution in [2.75, 3.05) is 5.32 Å². The number of anilines is 1. The summed E-state index contributed by atoms with van der Waals surface area (Å²) in [5, 5.41) is 3.82. The van der Waals surface area contributed by atoms with Gasteiger partial charge in [-0.2, -0.15) is 0 Å². The number of ketones is 1. The van der Waals surface area contributed by atoms with Crippen LogP contribution in [0.4, 0.5) is 5.82 Å². The molecule has 2 fully saturated rings. The van der Waals surface area contributed by atoms with E-state index in [9.17, 15) is 4.79 Å². The van der Waals surface area contributed by atoms with Crippen LogP contribution >= 0.6 is 0 Å². The van der Waals surface area contributed by atoms with Crippen molar-refractivity contribution in [2.24, 2.45) is 5.92 Å². The third-order valence-corrected chi connectivity index (χ3v) is 5.91. The minimum absolute atomic E-state index is 0.159. The minimum atomic E-state index is 0.159. The molecule has 1 heterocycles. The number of aromatic nitrogens is 1. The van der Waals surface area contributed by atoms with E-state index in [0.717, 1.165) is 30.1 Å². The molecule has 3 aliphatic rings. The Kier molecular flexibility index (Phi) is 3.05. The minimum Gasteiger partial charge on any atom is -0.364 e. The van der Waals surface area contributed by atoms with Gasteiger partial charge in [0, 0.05) is 17.3 Å². The zero-order chi connectivity index (χ0) is 14.4. The summed E-state index contributed by atoms with van der Waals surface area (Å²) in [5.41, 5.74) is 3.76. The smallest absolute Gasteiger partial charge is 0.161 e. The molecule has 0 saturated heterocycles. The van der Waals surface area contributed by atoms with E-state index in [-0.39, 0.29) is 5.78 Å². The van der Waals surface area contributed by atoms with E-state index in [0.29, 0.717) is 5.54 Å². The first-order valence-electron chi connectivity index (χ1n) is 8.47. The first-order valence-corrected chi connectivity index (χ1v) is 8.47. The lowest BCUT2D eigenvalue weighted by Crippen LogP contribution is -2.34. The van der Waals surface area contributed by atoms with Gasteiger partial charge in [0.2, 0.25) is 0 Å². The average Bonchev–Trinajstić information content (AvgIpc) is 3.07. The number of Topliss-reactive ketones (excluding diaryl/α,β-unsaturated/α-hetero) is 1. The van der Waals surface area contributed by atoms with Crippen LogP contribution in [0.3, 0.4) is 0 Å². The third kappa shape index (κ3) is 2.18. The van der Waals surface area contributed by atoms with Gasteiger partial charge in [-0.25, -0.2) is 4.98 Å². The number of nitrogens with one attached hydrogen (secondary N) is 1. The Bertz CT molecular complexity index is 585. The summed E-state index contributed by atoms with van der Waals surface area (Å²) < 4.78 is 0. The topological polar surface area (TPSA) is 42.0 Å². The van der Waals surface area contributed by atoms with Crippen LogP contribution < -0.4 is 5.32 Å². The molecule has 112 valence electrons. The molecule has 3 heteroatoms. The lowest BCUT2D eigenvalue weighted by atomic mass is 9.87. The standard InChI is InChI=1S/C18H24N2O/c1-12(21)16-11-19-17(15-5-3-2-4-14(15)16)20-18-8-6-13(10-18)7-9-18/h11,13H,2-10H2,1H3,(H,19,20). The largest absolute Gasteiger partial charge is 0.364 e. The molecular formula is C18H24N2O. The van der Waals surface area contributed by atoms with Crippen LogP contribution in [0.2, 0.25) is 0 Å². The predicted molar refractivity (Wildman–Crippen MR) is 83.8 cm³/mol. The first kappa shape index (κ1) is 13.3. The number of pyridine rings is 1. The molecule has 3 aliphatic carbocycles. The SMILES string of the molecule is CC(=O)c1cnc(NC23CCC(CC2)C3)c2c1CCCC2. The Morgan fingerprint density at radius 3 is 2.57 bits per heavy atom. The number of fused-ring (bicyclic) bond motifs is 3. The van der Waals surface area contributed by atoms with Crippen molar-refractivity contribution >= 4 is 11.6 Å². The monoisotopic (exact) mass is 284 g/mol. The molecule has 0 spiro atoms. The highest BCUT2D eigenvalue weighted by Crippen LogP contribution is 2.49. The maximum Gasteiger partial charge on any atom is 0.161 e. The fraction of sp³-hybridized carbons (Fsp3) is 0.667. The Morgan fingerprint density at radius 1 is 1.24 bits per heavy atom. The Hall–Kier alpha value is -1.38. The zero-order valence-electron chi connectivity index (χ0n) is 12.9. The summed E-state index contributed by atoms with van der Waals surface area (Å²) in [6.45, 7) is 1.66. The molecule has 0 amide bonds. The van der Waals surface area contributed by atoms with Gasteiger partial charge in [-0.15, -0.1) is 0 Å². The van der Waals surface area contributed by atoms with E-state index >= 15 is 0 Å². The predicted octanol–water partition coefficient (Wildman–Crippen LogP) is 3.91. The normalized spacial score (nSPS) is 30.2. The van der Waals surface area contributed by atoms with Crippen molar-refractivity contribution < 1.29 is 4.79 Å². The fourth-order valence-electron chi connectivity index (χ4n) is 4.78. The number of nitrogens with zero attached hydrogens (tertiary/aromatic N) is 1. The van der Waals surface area contributed by atoms with Crippen LogP contribution in [-0.4, -0.2) is 16.3 Å². The highest BCUT2D eigenvalue weighted by atomic mass is 16.1. The van der Waals surface area contributed by atoms with E-state index in [1.807, 2.05) is 6.20 Å². The molecule has 0 aliphatic heterocycles. The van der Waals surface area contributed by atoms with Gasteiger partial charge >= 0.3 is 0 Å². The molecule has 21 heavy (non-hydrogen) atoms. The first-order chi connectivity index (χ1) is 10.2. The molecular weight excluding hydrogens is 260 g/mol. The molecule has 0 radical (unpaired) electrons. The number of carbonyl (C=O) groups excluding carboxylic acids is 1. The highest BCUT2D eigenvalue weighted by Gasteiger charge is 2.45. The molecule has 2 bridgehead atoms. The number of carbonyl (C=O) groups is 1. The summed E-state index contributed by atoms with van der Waals surface area (Å²) in [6, 6.07) is 0. The number of hydrogen-bond acceptors (Lipinski definition) is 3. The molecule has 4 rings (SSSR count). The van der Waals surface area contributed by atoms with E-state index < -0.39 is 0 Å². The maximum absolute atomic E-state index is 11.8. The van der Waals surface area contributed by atoms with Gasteiger partial charge in [0.15, 0.2) is 5.78 Å². The van der Waals surface area contributed by atoms with Crippen molar-refractivity contribution in [1.82, 2.24) is 4.98 Å². The molecule has 3 nitrogen and oxygen atoms in total. The van der Waals surface area contributed by atoms with E-state index in [1.54, 1.807) is 6.92 Å². The van der Waals surface area contributed by atoms with Crippen LogP contribution in [0.1, 0.15) is 73.4 Å². The quantitative estimate of drug-likeness (QED) is 0.856. The molecule has 0 aromatic carbocycles. The summed E-state index contributed by atoms with van der Waals surface area (Å²) in [6.07, 6.45) is 13.0. The van der Waals surface area contributed by atoms with Gasteiger partial charge in [-0.1, -0.05) is 0 Å². The average molecular weight is 284 g/mol. The van der Waals surface area contributed by atoms with Crippen LogP contribution in [0.15, 0.2) is 6.20 Å². The molecule has 1 aromatic heterocycles. The van der Waals surface area contributed by atoms with Gasteiger partial charge in [-0.3, -0.25) is 4.79 Å². The van der Waals surface area contributed by atoms with Gasteiger partial charge in [0.1, 0.15) is 5.82 Å². The molecule has 1 aromatic rings. The van der Waals surface area contributed by atoms with E-state index in [1.165, 1.54) is 56.1 Å². The fourth-order valence-corrected chi connectivity index (χ4v) is 4.78. The second-order valence-corrected chi connectivity index (χ2v) is 7.29. The second kappa shape index (κ2) is 4.82. The Morgan fingerprint density at radius 2 is 1.95 bits per heavy atom. The van der Waals surface area contributed by atoms with Crippen LogP contribution in [0.25, 0.3) is 0 Å². The summed E-state index contributed by atoms with van der Waals surface area (Å²) in [5.74, 6) is 2.18. The lowest BCUT2D eigenvalue weighted by molar-refractivity contribution is 0.101.